The van der Waals surface area contributed by atoms with Gasteiger partial charge in [-0.3, -0.25) is 4.68 Å². The largest absolute Gasteiger partial charge is 0.416 e. The van der Waals surface area contributed by atoms with Crippen LogP contribution in [-0.2, 0) is 12.7 Å². The molecule has 1 unspecified atom stereocenters. The minimum absolute atomic E-state index is 0.0207. The normalized spacial score (nSPS) is 13.1. The molecule has 0 fully saturated rings. The summed E-state index contributed by atoms with van der Waals surface area (Å²) in [4.78, 5) is 0. The number of aromatic nitrogens is 2. The van der Waals surface area contributed by atoms with Gasteiger partial charge in [0.05, 0.1) is 36.6 Å². The fourth-order valence-electron chi connectivity index (χ4n) is 2.41. The number of nitrogens with one attached hydrogen (secondary N) is 1. The lowest BCUT2D eigenvalue weighted by Crippen LogP contribution is -2.12. The maximum absolute atomic E-state index is 12.9. The standard InChI is InChI=1S/C16H20F3N3O/c1-2-4-15(21-14-10-20-22(11-14)7-8-23)12-5-3-6-13(9-12)16(17,18)19/h3,5-6,9-11,15,21,23H,2,4,7-8H2,1H3. The second-order valence-electron chi connectivity index (χ2n) is 5.32. The van der Waals surface area contributed by atoms with Gasteiger partial charge in [0.15, 0.2) is 0 Å². The summed E-state index contributed by atoms with van der Waals surface area (Å²) in [6.07, 6.45) is 0.516. The lowest BCUT2D eigenvalue weighted by molar-refractivity contribution is -0.137. The van der Waals surface area contributed by atoms with Crippen LogP contribution in [0.15, 0.2) is 36.7 Å². The van der Waals surface area contributed by atoms with Crippen LogP contribution in [-0.4, -0.2) is 21.5 Å². The molecule has 2 rings (SSSR count). The Morgan fingerprint density at radius 2 is 2.13 bits per heavy atom. The fraction of sp³-hybridized carbons (Fsp3) is 0.438. The molecule has 2 N–H and O–H groups in total. The molecule has 1 aromatic heterocycles. The van der Waals surface area contributed by atoms with Crippen LogP contribution < -0.4 is 5.32 Å². The Balaban J connectivity index is 2.20. The first kappa shape index (κ1) is 17.3. The van der Waals surface area contributed by atoms with Crippen molar-refractivity contribution in [2.45, 2.75) is 38.5 Å². The van der Waals surface area contributed by atoms with Crippen molar-refractivity contribution in [1.29, 1.82) is 0 Å². The maximum Gasteiger partial charge on any atom is 0.416 e. The summed E-state index contributed by atoms with van der Waals surface area (Å²) >= 11 is 0. The average Bonchev–Trinajstić information content (AvgIpc) is 2.94. The summed E-state index contributed by atoms with van der Waals surface area (Å²) < 4.78 is 40.2. The van der Waals surface area contributed by atoms with Gasteiger partial charge in [-0.25, -0.2) is 0 Å². The third kappa shape index (κ3) is 4.72. The monoisotopic (exact) mass is 327 g/mol. The molecule has 1 heterocycles. The van der Waals surface area contributed by atoms with Crippen molar-refractivity contribution in [3.8, 4) is 0 Å². The molecule has 0 bridgehead atoms. The van der Waals surface area contributed by atoms with Gasteiger partial charge in [0.1, 0.15) is 0 Å². The summed E-state index contributed by atoms with van der Waals surface area (Å²) in [7, 11) is 0. The van der Waals surface area contributed by atoms with Gasteiger partial charge in [-0.1, -0.05) is 25.5 Å². The summed E-state index contributed by atoms with van der Waals surface area (Å²) in [5, 5.41) is 16.2. The molecule has 23 heavy (non-hydrogen) atoms. The van der Waals surface area contributed by atoms with Crippen LogP contribution in [0, 0.1) is 0 Å². The van der Waals surface area contributed by atoms with E-state index < -0.39 is 11.7 Å². The van der Waals surface area contributed by atoms with Crippen molar-refractivity contribution in [2.24, 2.45) is 0 Å². The first-order valence-electron chi connectivity index (χ1n) is 7.51. The number of rotatable bonds is 7. The number of halogens is 3. The SMILES string of the molecule is CCCC(Nc1cnn(CCO)c1)c1cccc(C(F)(F)F)c1. The van der Waals surface area contributed by atoms with E-state index in [1.807, 2.05) is 6.92 Å². The third-order valence-electron chi connectivity index (χ3n) is 3.50. The highest BCUT2D eigenvalue weighted by atomic mass is 19.4. The number of hydrogen-bond acceptors (Lipinski definition) is 3. The van der Waals surface area contributed by atoms with E-state index in [0.717, 1.165) is 12.5 Å². The zero-order valence-corrected chi connectivity index (χ0v) is 12.8. The molecule has 7 heteroatoms. The molecule has 0 radical (unpaired) electrons. The molecule has 0 aliphatic heterocycles. The Labute approximate surface area is 132 Å². The molecule has 4 nitrogen and oxygen atoms in total. The van der Waals surface area contributed by atoms with E-state index in [0.29, 0.717) is 24.2 Å². The molecular weight excluding hydrogens is 307 g/mol. The molecule has 126 valence electrons. The van der Waals surface area contributed by atoms with Crippen molar-refractivity contribution in [3.05, 3.63) is 47.8 Å². The highest BCUT2D eigenvalue weighted by Crippen LogP contribution is 2.32. The highest BCUT2D eigenvalue weighted by Gasteiger charge is 2.30. The number of anilines is 1. The molecule has 0 amide bonds. The van der Waals surface area contributed by atoms with Gasteiger partial charge >= 0.3 is 6.18 Å². The number of aliphatic hydroxyl groups excluding tert-OH is 1. The van der Waals surface area contributed by atoms with Gasteiger partial charge in [-0.15, -0.1) is 0 Å². The van der Waals surface area contributed by atoms with E-state index in [1.165, 1.54) is 12.1 Å². The summed E-state index contributed by atoms with van der Waals surface area (Å²) in [6, 6.07) is 5.16. The molecule has 0 aliphatic rings. The molecule has 1 atom stereocenters. The Morgan fingerprint density at radius 1 is 1.35 bits per heavy atom. The van der Waals surface area contributed by atoms with Gasteiger partial charge in [0.2, 0.25) is 0 Å². The zero-order valence-electron chi connectivity index (χ0n) is 12.8. The molecule has 0 aliphatic carbocycles. The van der Waals surface area contributed by atoms with Gasteiger partial charge in [0, 0.05) is 6.20 Å². The Bertz CT molecular complexity index is 625. The minimum atomic E-state index is -4.35. The van der Waals surface area contributed by atoms with Gasteiger partial charge < -0.3 is 10.4 Å². The second kappa shape index (κ2) is 7.50. The van der Waals surface area contributed by atoms with Crippen LogP contribution >= 0.6 is 0 Å². The van der Waals surface area contributed by atoms with Gasteiger partial charge in [-0.05, 0) is 24.1 Å². The average molecular weight is 327 g/mol. The lowest BCUT2D eigenvalue weighted by Gasteiger charge is -2.20. The van der Waals surface area contributed by atoms with Crippen molar-refractivity contribution in [2.75, 3.05) is 11.9 Å². The Hall–Kier alpha value is -2.02. The van der Waals surface area contributed by atoms with E-state index >= 15 is 0 Å². The smallest absolute Gasteiger partial charge is 0.394 e. The van der Waals surface area contributed by atoms with Crippen molar-refractivity contribution >= 4 is 5.69 Å². The second-order valence-corrected chi connectivity index (χ2v) is 5.32. The quantitative estimate of drug-likeness (QED) is 0.812. The van der Waals surface area contributed by atoms with E-state index in [-0.39, 0.29) is 12.6 Å². The number of aliphatic hydroxyl groups is 1. The predicted octanol–water partition coefficient (Wildman–Crippen LogP) is 3.85. The van der Waals surface area contributed by atoms with E-state index in [1.54, 1.807) is 23.1 Å². The topological polar surface area (TPSA) is 50.1 Å². The molecule has 0 saturated heterocycles. The third-order valence-corrected chi connectivity index (χ3v) is 3.50. The number of alkyl halides is 3. The van der Waals surface area contributed by atoms with Crippen LogP contribution in [0.25, 0.3) is 0 Å². The summed E-state index contributed by atoms with van der Waals surface area (Å²) in [5.41, 5.74) is 0.666. The number of hydrogen-bond donors (Lipinski definition) is 2. The van der Waals surface area contributed by atoms with Crippen molar-refractivity contribution < 1.29 is 18.3 Å². The zero-order chi connectivity index (χ0) is 16.9. The Kier molecular flexibility index (Phi) is 5.65. The first-order valence-corrected chi connectivity index (χ1v) is 7.51. The van der Waals surface area contributed by atoms with Crippen LogP contribution in [0.5, 0.6) is 0 Å². The molecule has 0 saturated carbocycles. The van der Waals surface area contributed by atoms with E-state index in [9.17, 15) is 13.2 Å². The van der Waals surface area contributed by atoms with Crippen molar-refractivity contribution in [1.82, 2.24) is 9.78 Å². The van der Waals surface area contributed by atoms with E-state index in [4.69, 9.17) is 5.11 Å². The summed E-state index contributed by atoms with van der Waals surface area (Å²) in [6.45, 7) is 2.34. The molecule has 0 spiro atoms. The van der Waals surface area contributed by atoms with Crippen molar-refractivity contribution in [3.63, 3.8) is 0 Å². The Morgan fingerprint density at radius 3 is 2.78 bits per heavy atom. The molecule has 2 aromatic rings. The fourth-order valence-corrected chi connectivity index (χ4v) is 2.41. The van der Waals surface area contributed by atoms with Crippen LogP contribution in [0.4, 0.5) is 18.9 Å². The molecular formula is C16H20F3N3O. The summed E-state index contributed by atoms with van der Waals surface area (Å²) in [5.74, 6) is 0. The van der Waals surface area contributed by atoms with E-state index in [2.05, 4.69) is 10.4 Å². The first-order chi connectivity index (χ1) is 10.9. The predicted molar refractivity (Wildman–Crippen MR) is 82.0 cm³/mol. The van der Waals surface area contributed by atoms with Crippen LogP contribution in [0.3, 0.4) is 0 Å². The molecule has 1 aromatic carbocycles. The van der Waals surface area contributed by atoms with Gasteiger partial charge in [-0.2, -0.15) is 18.3 Å². The minimum Gasteiger partial charge on any atom is -0.394 e. The maximum atomic E-state index is 12.9. The number of benzene rings is 1. The van der Waals surface area contributed by atoms with Crippen LogP contribution in [0.1, 0.15) is 36.9 Å². The van der Waals surface area contributed by atoms with Crippen LogP contribution in [0.2, 0.25) is 0 Å². The highest BCUT2D eigenvalue weighted by molar-refractivity contribution is 5.42. The number of nitrogens with zero attached hydrogens (tertiary/aromatic N) is 2. The lowest BCUT2D eigenvalue weighted by atomic mass is 10.00. The van der Waals surface area contributed by atoms with Gasteiger partial charge in [0.25, 0.3) is 0 Å².